The lowest BCUT2D eigenvalue weighted by Gasteiger charge is -2.43. The molecule has 2 rings (SSSR count). The number of piperidine rings is 1. The number of nitrogens with one attached hydrogen (secondary N) is 1. The zero-order valence-corrected chi connectivity index (χ0v) is 13.0. The molecule has 0 aromatic heterocycles. The molecule has 2 N–H and O–H groups in total. The number of ether oxygens (including phenoxy) is 1. The van der Waals surface area contributed by atoms with Crippen LogP contribution in [0.5, 0.6) is 0 Å². The first kappa shape index (κ1) is 16.2. The largest absolute Gasteiger partial charge is 0.391 e. The second-order valence-corrected chi connectivity index (χ2v) is 6.36. The van der Waals surface area contributed by atoms with Crippen LogP contribution in [0.3, 0.4) is 0 Å². The summed E-state index contributed by atoms with van der Waals surface area (Å²) in [6.45, 7) is 3.90. The number of aliphatic hydroxyl groups excluding tert-OH is 1. The molecule has 0 amide bonds. The van der Waals surface area contributed by atoms with Crippen molar-refractivity contribution in [2.75, 3.05) is 33.4 Å². The number of likely N-dealkylation sites (tertiary alicyclic amines) is 1. The minimum Gasteiger partial charge on any atom is -0.391 e. The normalized spacial score (nSPS) is 33.0. The summed E-state index contributed by atoms with van der Waals surface area (Å²) in [4.78, 5) is 2.61. The molecule has 1 saturated carbocycles. The van der Waals surface area contributed by atoms with E-state index in [0.717, 1.165) is 26.1 Å². The van der Waals surface area contributed by atoms with E-state index in [1.54, 1.807) is 7.11 Å². The molecule has 0 aromatic rings. The Kier molecular flexibility index (Phi) is 7.28. The molecule has 1 heterocycles. The van der Waals surface area contributed by atoms with E-state index in [1.807, 2.05) is 0 Å². The maximum absolute atomic E-state index is 10.4. The van der Waals surface area contributed by atoms with Gasteiger partial charge in [-0.3, -0.25) is 4.90 Å². The third-order valence-corrected chi connectivity index (χ3v) is 4.91. The lowest BCUT2D eigenvalue weighted by atomic mass is 9.95. The molecular formula is C16H32N2O2. The number of hydrogen-bond acceptors (Lipinski definition) is 4. The highest BCUT2D eigenvalue weighted by atomic mass is 16.5. The lowest BCUT2D eigenvalue weighted by molar-refractivity contribution is 0.00399. The van der Waals surface area contributed by atoms with Crippen LogP contribution < -0.4 is 5.32 Å². The minimum atomic E-state index is -0.114. The molecule has 4 nitrogen and oxygen atoms in total. The Bertz CT molecular complexity index is 263. The molecule has 2 aliphatic rings. The van der Waals surface area contributed by atoms with E-state index in [2.05, 4.69) is 10.2 Å². The van der Waals surface area contributed by atoms with Gasteiger partial charge in [-0.05, 0) is 32.2 Å². The molecule has 4 heteroatoms. The fraction of sp³-hybridized carbons (Fsp3) is 1.00. The summed E-state index contributed by atoms with van der Waals surface area (Å²) in [6.07, 6.45) is 9.71. The average molecular weight is 284 g/mol. The van der Waals surface area contributed by atoms with Crippen molar-refractivity contribution in [1.29, 1.82) is 0 Å². The van der Waals surface area contributed by atoms with Crippen molar-refractivity contribution in [3.63, 3.8) is 0 Å². The highest BCUT2D eigenvalue weighted by Gasteiger charge is 2.33. The van der Waals surface area contributed by atoms with Gasteiger partial charge in [-0.15, -0.1) is 0 Å². The van der Waals surface area contributed by atoms with Crippen LogP contribution in [0.2, 0.25) is 0 Å². The third kappa shape index (κ3) is 4.69. The zero-order valence-electron chi connectivity index (χ0n) is 13.0. The van der Waals surface area contributed by atoms with Crippen LogP contribution in [0, 0.1) is 0 Å². The molecule has 0 radical (unpaired) electrons. The summed E-state index contributed by atoms with van der Waals surface area (Å²) in [7, 11) is 1.75. The Morgan fingerprint density at radius 2 is 1.90 bits per heavy atom. The quantitative estimate of drug-likeness (QED) is 0.576. The van der Waals surface area contributed by atoms with Crippen molar-refractivity contribution in [2.45, 2.75) is 69.6 Å². The first-order chi connectivity index (χ1) is 9.83. The van der Waals surface area contributed by atoms with Crippen LogP contribution in [0.25, 0.3) is 0 Å². The van der Waals surface area contributed by atoms with Gasteiger partial charge in [0.15, 0.2) is 0 Å². The van der Waals surface area contributed by atoms with E-state index in [0.29, 0.717) is 12.1 Å². The van der Waals surface area contributed by atoms with Gasteiger partial charge in [0, 0.05) is 32.3 Å². The summed E-state index contributed by atoms with van der Waals surface area (Å²) in [5.74, 6) is 0. The standard InChI is InChI=1S/C16H32N2O2/c1-20-12-10-17-13-14-7-5-6-11-18(14)15-8-3-2-4-9-16(15)19/h14-17,19H,2-13H2,1H3. The van der Waals surface area contributed by atoms with Crippen LogP contribution in [0.1, 0.15) is 51.4 Å². The molecule has 0 bridgehead atoms. The average Bonchev–Trinajstić information content (AvgIpc) is 2.69. The molecule has 0 spiro atoms. The Balaban J connectivity index is 1.87. The molecule has 3 unspecified atom stereocenters. The second-order valence-electron chi connectivity index (χ2n) is 6.36. The third-order valence-electron chi connectivity index (χ3n) is 4.91. The highest BCUT2D eigenvalue weighted by molar-refractivity contribution is 4.89. The Hall–Kier alpha value is -0.160. The van der Waals surface area contributed by atoms with Gasteiger partial charge in [0.1, 0.15) is 0 Å². The fourth-order valence-corrected chi connectivity index (χ4v) is 3.78. The molecule has 2 fully saturated rings. The maximum atomic E-state index is 10.4. The predicted octanol–water partition coefficient (Wildman–Crippen LogP) is 1.77. The minimum absolute atomic E-state index is 0.114. The van der Waals surface area contributed by atoms with Crippen molar-refractivity contribution < 1.29 is 9.84 Å². The van der Waals surface area contributed by atoms with Crippen molar-refractivity contribution in [3.05, 3.63) is 0 Å². The van der Waals surface area contributed by atoms with Crippen LogP contribution in [0.15, 0.2) is 0 Å². The summed E-state index contributed by atoms with van der Waals surface area (Å²) in [6, 6.07) is 0.991. The molecule has 0 aromatic carbocycles. The Morgan fingerprint density at radius 1 is 1.10 bits per heavy atom. The van der Waals surface area contributed by atoms with Gasteiger partial charge in [0.2, 0.25) is 0 Å². The van der Waals surface area contributed by atoms with Crippen molar-refractivity contribution >= 4 is 0 Å². The molecule has 20 heavy (non-hydrogen) atoms. The van der Waals surface area contributed by atoms with E-state index < -0.39 is 0 Å². The molecule has 118 valence electrons. The van der Waals surface area contributed by atoms with Crippen LogP contribution >= 0.6 is 0 Å². The maximum Gasteiger partial charge on any atom is 0.0695 e. The Morgan fingerprint density at radius 3 is 2.75 bits per heavy atom. The van der Waals surface area contributed by atoms with Gasteiger partial charge in [0.05, 0.1) is 12.7 Å². The molecule has 1 saturated heterocycles. The van der Waals surface area contributed by atoms with Gasteiger partial charge in [-0.25, -0.2) is 0 Å². The van der Waals surface area contributed by atoms with Crippen LogP contribution in [-0.4, -0.2) is 61.5 Å². The highest BCUT2D eigenvalue weighted by Crippen LogP contribution is 2.28. The van der Waals surface area contributed by atoms with Gasteiger partial charge >= 0.3 is 0 Å². The van der Waals surface area contributed by atoms with Gasteiger partial charge < -0.3 is 15.2 Å². The van der Waals surface area contributed by atoms with E-state index in [1.165, 1.54) is 51.5 Å². The van der Waals surface area contributed by atoms with Crippen molar-refractivity contribution in [2.24, 2.45) is 0 Å². The van der Waals surface area contributed by atoms with E-state index in [-0.39, 0.29) is 6.10 Å². The summed E-state index contributed by atoms with van der Waals surface area (Å²) in [5, 5.41) is 14.0. The number of nitrogens with zero attached hydrogens (tertiary/aromatic N) is 1. The fourth-order valence-electron chi connectivity index (χ4n) is 3.78. The van der Waals surface area contributed by atoms with Crippen molar-refractivity contribution in [1.82, 2.24) is 10.2 Å². The number of aliphatic hydroxyl groups is 1. The van der Waals surface area contributed by atoms with Crippen molar-refractivity contribution in [3.8, 4) is 0 Å². The smallest absolute Gasteiger partial charge is 0.0695 e. The zero-order chi connectivity index (χ0) is 14.2. The monoisotopic (exact) mass is 284 g/mol. The first-order valence-electron chi connectivity index (χ1n) is 8.46. The molecule has 1 aliphatic carbocycles. The molecular weight excluding hydrogens is 252 g/mol. The first-order valence-corrected chi connectivity index (χ1v) is 8.46. The predicted molar refractivity (Wildman–Crippen MR) is 82.0 cm³/mol. The number of hydrogen-bond donors (Lipinski definition) is 2. The SMILES string of the molecule is COCCNCC1CCCCN1C1CCCCCC1O. The second kappa shape index (κ2) is 8.98. The van der Waals surface area contributed by atoms with E-state index in [9.17, 15) is 5.11 Å². The molecule has 3 atom stereocenters. The Labute approximate surface area is 123 Å². The van der Waals surface area contributed by atoms with E-state index >= 15 is 0 Å². The van der Waals surface area contributed by atoms with Gasteiger partial charge in [-0.1, -0.05) is 25.7 Å². The topological polar surface area (TPSA) is 44.7 Å². The number of methoxy groups -OCH3 is 1. The molecule has 1 aliphatic heterocycles. The van der Waals surface area contributed by atoms with E-state index in [4.69, 9.17) is 4.74 Å². The summed E-state index contributed by atoms with van der Waals surface area (Å²) >= 11 is 0. The van der Waals surface area contributed by atoms with Crippen LogP contribution in [-0.2, 0) is 4.74 Å². The summed E-state index contributed by atoms with van der Waals surface area (Å²) < 4.78 is 5.09. The number of rotatable bonds is 6. The van der Waals surface area contributed by atoms with Gasteiger partial charge in [0.25, 0.3) is 0 Å². The van der Waals surface area contributed by atoms with Gasteiger partial charge in [-0.2, -0.15) is 0 Å². The van der Waals surface area contributed by atoms with Crippen LogP contribution in [0.4, 0.5) is 0 Å². The summed E-state index contributed by atoms with van der Waals surface area (Å²) in [5.41, 5.74) is 0. The lowest BCUT2D eigenvalue weighted by Crippen LogP contribution is -2.54.